The molecule has 3 aliphatic rings. The number of benzene rings is 4. The van der Waals surface area contributed by atoms with Crippen LogP contribution in [0.1, 0.15) is 106 Å². The molecule has 530 valence electrons. The number of aromatic hydroxyl groups is 1. The van der Waals surface area contributed by atoms with E-state index in [4.69, 9.17) is 11.5 Å². The molecule has 9 rings (SSSR count). The number of phenols is 1. The van der Waals surface area contributed by atoms with Gasteiger partial charge in [-0.2, -0.15) is 23.5 Å². The molecule has 2 bridgehead atoms. The van der Waals surface area contributed by atoms with Crippen molar-refractivity contribution >= 4 is 104 Å². The van der Waals surface area contributed by atoms with Crippen LogP contribution in [0.5, 0.6) is 5.75 Å². The normalized spacial score (nSPS) is 24.1. The van der Waals surface area contributed by atoms with E-state index in [-0.39, 0.29) is 81.7 Å². The topological polar surface area (TPSA) is 373 Å². The molecule has 2 saturated heterocycles. The Balaban J connectivity index is 1.05. The van der Waals surface area contributed by atoms with Crippen LogP contribution in [-0.2, 0) is 78.7 Å². The Bertz CT molecular complexity index is 3930. The summed E-state index contributed by atoms with van der Waals surface area (Å²) in [6.45, 7) is 4.46. The second kappa shape index (κ2) is 34.3. The summed E-state index contributed by atoms with van der Waals surface area (Å²) in [5.74, 6) is -8.71. The van der Waals surface area contributed by atoms with E-state index in [2.05, 4.69) is 41.9 Å². The van der Waals surface area contributed by atoms with Crippen LogP contribution in [0.3, 0.4) is 0 Å². The number of rotatable bonds is 13. The van der Waals surface area contributed by atoms with Gasteiger partial charge >= 0.3 is 0 Å². The van der Waals surface area contributed by atoms with E-state index in [1.54, 1.807) is 39.1 Å². The molecule has 14 N–H and O–H groups in total. The Hall–Kier alpha value is -8.86. The Morgan fingerprint density at radius 2 is 1.34 bits per heavy atom. The van der Waals surface area contributed by atoms with E-state index in [0.717, 1.165) is 11.1 Å². The van der Waals surface area contributed by atoms with Gasteiger partial charge in [0.25, 0.3) is 0 Å². The number of aromatic nitrogens is 2. The monoisotopic (exact) mass is 1400 g/mol. The molecule has 2 fully saturated rings. The molecule has 28 heteroatoms. The number of thioether (sulfide) groups is 2. The van der Waals surface area contributed by atoms with Crippen molar-refractivity contribution in [3.05, 3.63) is 137 Å². The fraction of sp³-hybridized carbons (Fsp3) is 0.465. The van der Waals surface area contributed by atoms with Crippen LogP contribution in [0.4, 0.5) is 8.78 Å². The van der Waals surface area contributed by atoms with E-state index in [0.29, 0.717) is 88.0 Å². The lowest BCUT2D eigenvalue weighted by Crippen LogP contribution is -2.64. The highest BCUT2D eigenvalue weighted by atomic mass is 32.2. The fourth-order valence-corrected chi connectivity index (χ4v) is 15.0. The van der Waals surface area contributed by atoms with Crippen molar-refractivity contribution in [1.29, 1.82) is 0 Å². The molecule has 0 unspecified atom stereocenters. The van der Waals surface area contributed by atoms with E-state index >= 15 is 18.8 Å². The van der Waals surface area contributed by atoms with Gasteiger partial charge in [-0.05, 0) is 134 Å². The van der Waals surface area contributed by atoms with E-state index in [1.807, 2.05) is 24.3 Å². The number of ketones is 1. The Kier molecular flexibility index (Phi) is 25.7. The minimum Gasteiger partial charge on any atom is -0.508 e. The number of hydrogen-bond donors (Lipinski definition) is 12. The molecule has 3 aliphatic heterocycles. The Morgan fingerprint density at radius 1 is 0.707 bits per heavy atom. The maximum Gasteiger partial charge on any atom is 0.246 e. The van der Waals surface area contributed by atoms with Gasteiger partial charge in [0.15, 0.2) is 0 Å². The van der Waals surface area contributed by atoms with Gasteiger partial charge in [-0.15, -0.1) is 0 Å². The summed E-state index contributed by atoms with van der Waals surface area (Å²) in [4.78, 5) is 154. The minimum atomic E-state index is -1.77. The Morgan fingerprint density at radius 3 is 1.99 bits per heavy atom. The quantitative estimate of drug-likeness (QED) is 0.0715. The van der Waals surface area contributed by atoms with Crippen LogP contribution >= 0.6 is 23.5 Å². The van der Waals surface area contributed by atoms with Gasteiger partial charge in [0.05, 0.1) is 12.6 Å². The number of H-pyrrole nitrogens is 2. The molecule has 99 heavy (non-hydrogen) atoms. The molecular formula is C71H88F2N12O12S2. The zero-order valence-electron chi connectivity index (χ0n) is 55.7. The number of fused-ring (bicyclic) bond motifs is 6. The van der Waals surface area contributed by atoms with Gasteiger partial charge in [-0.3, -0.25) is 47.9 Å². The predicted octanol–water partition coefficient (Wildman–Crippen LogP) is 4.35. The third-order valence-electron chi connectivity index (χ3n) is 18.7. The molecule has 9 atom stereocenters. The smallest absolute Gasteiger partial charge is 0.246 e. The van der Waals surface area contributed by atoms with Crippen molar-refractivity contribution in [3.8, 4) is 5.75 Å². The molecule has 0 radical (unpaired) electrons. The zero-order valence-corrected chi connectivity index (χ0v) is 57.3. The molecule has 24 nitrogen and oxygen atoms in total. The molecule has 2 aromatic heterocycles. The number of nitrogens with one attached hydrogen (secondary N) is 8. The van der Waals surface area contributed by atoms with Crippen LogP contribution in [0, 0.1) is 23.5 Å². The minimum absolute atomic E-state index is 0.0337. The first-order valence-corrected chi connectivity index (χ1v) is 35.8. The molecule has 6 aromatic rings. The third kappa shape index (κ3) is 19.3. The van der Waals surface area contributed by atoms with Crippen molar-refractivity contribution in [3.63, 3.8) is 0 Å². The van der Waals surface area contributed by atoms with Crippen LogP contribution < -0.4 is 43.4 Å². The number of primary amides is 1. The highest BCUT2D eigenvalue weighted by molar-refractivity contribution is 7.98. The number of amides is 9. The summed E-state index contributed by atoms with van der Waals surface area (Å²) in [5, 5.41) is 39.2. The fourth-order valence-electron chi connectivity index (χ4n) is 13.1. The summed E-state index contributed by atoms with van der Waals surface area (Å²) in [6, 6.07) is 12.8. The number of carbonyl (C=O) groups excluding carboxylic acids is 10. The standard InChI is InChI=1S/C71H88F2N12O12S2/c1-40(2)62(89)61-67(94)81-56(28-41-13-17-49(86)18-14-41)69(96)85-25-8-22-71(85,3)70(97)82-58(63(75)90)39-99-38-43-10-6-9-42(27-43)37-98-26-21-50(87)29-44(11-4-5-23-74)64(91)78-36-60(88)79-55(30-45-34-76-53-19-15-47(72)32-51(45)53)65(92)80-57(68(95)84-24-7-12-59(84)66(93)83-61)31-46-35-77-54-20-16-48(73)33-52(46)54/h6,9-10,13-20,27,32-35,40,44,55-59,61-62,76-77,86,89H,4-5,7-8,11-12,21-26,28-31,36-39,74H2,1-3H3,(H2,75,90)(H,78,91)(H,79,88)(H,80,92)(H,81,94)(H,82,97)(H,83,93)/t44-,55+,56+,57+,58+,59+,61+,62-,71+/m1/s1. The van der Waals surface area contributed by atoms with Crippen LogP contribution in [0.15, 0.2) is 97.3 Å². The summed E-state index contributed by atoms with van der Waals surface area (Å²) in [5.41, 5.74) is 14.3. The van der Waals surface area contributed by atoms with Gasteiger partial charge in [-0.25, -0.2) is 8.78 Å². The van der Waals surface area contributed by atoms with Crippen LogP contribution in [-0.4, -0.2) is 175 Å². The number of nitrogens with two attached hydrogens (primary N) is 2. The number of halogens is 2. The van der Waals surface area contributed by atoms with E-state index < -0.39 is 131 Å². The zero-order chi connectivity index (χ0) is 71.1. The lowest BCUT2D eigenvalue weighted by atomic mass is 9.94. The highest BCUT2D eigenvalue weighted by Gasteiger charge is 2.49. The van der Waals surface area contributed by atoms with Gasteiger partial charge in [0.1, 0.15) is 65.0 Å². The first kappa shape index (κ1) is 74.4. The molecule has 9 amide bonds. The van der Waals surface area contributed by atoms with Gasteiger partial charge in [0.2, 0.25) is 53.2 Å². The van der Waals surface area contributed by atoms with Crippen molar-refractivity contribution in [1.82, 2.24) is 51.7 Å². The van der Waals surface area contributed by atoms with Crippen molar-refractivity contribution in [2.24, 2.45) is 23.3 Å². The Labute approximate surface area is 580 Å². The van der Waals surface area contributed by atoms with Gasteiger partial charge < -0.3 is 73.3 Å². The number of Topliss-reactive ketones (excluding diaryl/α,β-unsaturated/α-hetero) is 1. The first-order chi connectivity index (χ1) is 47.4. The average molecular weight is 1400 g/mol. The lowest BCUT2D eigenvalue weighted by molar-refractivity contribution is -0.147. The summed E-state index contributed by atoms with van der Waals surface area (Å²) in [7, 11) is 0. The van der Waals surface area contributed by atoms with Crippen LogP contribution in [0.2, 0.25) is 0 Å². The second-order valence-electron chi connectivity index (χ2n) is 26.3. The van der Waals surface area contributed by atoms with Crippen molar-refractivity contribution < 1.29 is 66.9 Å². The van der Waals surface area contributed by atoms with E-state index in [1.165, 1.54) is 88.1 Å². The molecule has 0 saturated carbocycles. The number of aliphatic hydroxyl groups excluding tert-OH is 1. The summed E-state index contributed by atoms with van der Waals surface area (Å²) < 4.78 is 29.9. The number of unbranched alkanes of at least 4 members (excludes halogenated alkanes) is 1. The number of phenolic OH excluding ortho intramolecular Hbond substituents is 1. The van der Waals surface area contributed by atoms with Gasteiger partial charge in [-0.1, -0.05) is 56.7 Å². The number of nitrogens with zero attached hydrogens (tertiary/aromatic N) is 2. The number of carbonyl (C=O) groups is 10. The predicted molar refractivity (Wildman–Crippen MR) is 372 cm³/mol. The second-order valence-corrected chi connectivity index (χ2v) is 28.5. The van der Waals surface area contributed by atoms with Crippen molar-refractivity contribution in [2.75, 3.05) is 37.7 Å². The highest BCUT2D eigenvalue weighted by Crippen LogP contribution is 2.32. The number of aromatic amines is 2. The first-order valence-electron chi connectivity index (χ1n) is 33.5. The maximum absolute atomic E-state index is 15.5. The molecule has 0 spiro atoms. The molecule has 5 heterocycles. The van der Waals surface area contributed by atoms with Gasteiger partial charge in [0, 0.05) is 108 Å². The third-order valence-corrected chi connectivity index (χ3v) is 20.8. The van der Waals surface area contributed by atoms with E-state index in [9.17, 15) is 48.2 Å². The molecular weight excluding hydrogens is 1310 g/mol. The summed E-state index contributed by atoms with van der Waals surface area (Å²) in [6.07, 6.45) is 2.88. The number of hydrogen-bond acceptors (Lipinski definition) is 15. The molecule has 0 aliphatic carbocycles. The van der Waals surface area contributed by atoms with Crippen LogP contribution in [0.25, 0.3) is 21.8 Å². The average Bonchev–Trinajstić information content (AvgIpc) is 1.69. The number of aliphatic hydroxyl groups is 1. The lowest BCUT2D eigenvalue weighted by Gasteiger charge is -2.37. The summed E-state index contributed by atoms with van der Waals surface area (Å²) >= 11 is 2.88. The van der Waals surface area contributed by atoms with Crippen molar-refractivity contribution in [2.45, 2.75) is 157 Å². The largest absolute Gasteiger partial charge is 0.508 e. The SMILES string of the molecule is CC(C)[C@@H](O)[C@@H]1NC(=O)[C@@H]2CCCN2C(=O)[C@H](Cc2c[nH]c3ccc(F)cc23)NC(=O)[C@H](Cc2c[nH]c3ccc(F)cc23)NC(=O)CNC(=O)[C@H](CCCCN)CC(=O)CCSCc2cccc(c2)CSC[C@@H](C(N)=O)NC(=O)[C@]2(C)CCCN2C(=O)[C@H](Cc2ccc(O)cc2)NC1=O. The maximum atomic E-state index is 15.5. The molecule has 4 aromatic carbocycles.